The molecule has 0 bridgehead atoms. The van der Waals surface area contributed by atoms with E-state index in [1.54, 1.807) is 0 Å². The predicted molar refractivity (Wildman–Crippen MR) is 60.5 cm³/mol. The van der Waals surface area contributed by atoms with Gasteiger partial charge in [0, 0.05) is 18.7 Å². The number of aryl methyl sites for hydroxylation is 2. The Hall–Kier alpha value is -0.790. The van der Waals surface area contributed by atoms with E-state index in [0.29, 0.717) is 5.92 Å². The molecule has 0 aromatic carbocycles. The molecule has 0 aliphatic rings. The second kappa shape index (κ2) is 5.18. The Balaban J connectivity index is 2.80. The van der Waals surface area contributed by atoms with Crippen LogP contribution in [-0.4, -0.2) is 9.78 Å². The number of hydrogen-bond donors (Lipinski definition) is 0. The van der Waals surface area contributed by atoms with Gasteiger partial charge in [-0.05, 0) is 25.8 Å². The van der Waals surface area contributed by atoms with Gasteiger partial charge in [-0.2, -0.15) is 5.10 Å². The SMILES string of the molecule is CCCC(CCC)c1cc(C)nn1C. The van der Waals surface area contributed by atoms with E-state index in [4.69, 9.17) is 0 Å². The summed E-state index contributed by atoms with van der Waals surface area (Å²) in [7, 11) is 2.06. The Morgan fingerprint density at radius 1 is 1.29 bits per heavy atom. The number of hydrogen-bond acceptors (Lipinski definition) is 1. The van der Waals surface area contributed by atoms with Crippen molar-refractivity contribution in [2.24, 2.45) is 7.05 Å². The van der Waals surface area contributed by atoms with Crippen LogP contribution >= 0.6 is 0 Å². The topological polar surface area (TPSA) is 17.8 Å². The highest BCUT2D eigenvalue weighted by Crippen LogP contribution is 2.26. The maximum absolute atomic E-state index is 4.41. The molecule has 2 nitrogen and oxygen atoms in total. The summed E-state index contributed by atoms with van der Waals surface area (Å²) in [4.78, 5) is 0. The average Bonchev–Trinajstić information content (AvgIpc) is 2.45. The van der Waals surface area contributed by atoms with Crippen LogP contribution in [0.2, 0.25) is 0 Å². The highest BCUT2D eigenvalue weighted by Gasteiger charge is 2.13. The molecule has 0 atom stereocenters. The maximum atomic E-state index is 4.41. The Kier molecular flexibility index (Phi) is 4.18. The standard InChI is InChI=1S/C12H22N2/c1-5-7-11(8-6-2)12-9-10(3)13-14(12)4/h9,11H,5-8H2,1-4H3. The van der Waals surface area contributed by atoms with Gasteiger partial charge < -0.3 is 0 Å². The van der Waals surface area contributed by atoms with Crippen LogP contribution in [0.25, 0.3) is 0 Å². The van der Waals surface area contributed by atoms with Gasteiger partial charge in [0.1, 0.15) is 0 Å². The van der Waals surface area contributed by atoms with E-state index in [0.717, 1.165) is 5.69 Å². The van der Waals surface area contributed by atoms with Crippen molar-refractivity contribution >= 4 is 0 Å². The van der Waals surface area contributed by atoms with Crippen molar-refractivity contribution in [3.05, 3.63) is 17.5 Å². The van der Waals surface area contributed by atoms with Crippen LogP contribution in [0.15, 0.2) is 6.07 Å². The maximum Gasteiger partial charge on any atom is 0.0596 e. The number of rotatable bonds is 5. The lowest BCUT2D eigenvalue weighted by atomic mass is 9.94. The molecule has 0 aliphatic carbocycles. The van der Waals surface area contributed by atoms with Gasteiger partial charge in [-0.3, -0.25) is 4.68 Å². The van der Waals surface area contributed by atoms with Gasteiger partial charge in [-0.1, -0.05) is 26.7 Å². The van der Waals surface area contributed by atoms with Crippen molar-refractivity contribution < 1.29 is 0 Å². The first-order valence-corrected chi connectivity index (χ1v) is 5.69. The first-order valence-electron chi connectivity index (χ1n) is 5.69. The van der Waals surface area contributed by atoms with E-state index >= 15 is 0 Å². The van der Waals surface area contributed by atoms with E-state index in [-0.39, 0.29) is 0 Å². The first-order chi connectivity index (χ1) is 6.69. The predicted octanol–water partition coefficient (Wildman–Crippen LogP) is 3.41. The van der Waals surface area contributed by atoms with E-state index in [9.17, 15) is 0 Å². The largest absolute Gasteiger partial charge is 0.272 e. The third-order valence-electron chi connectivity index (χ3n) is 2.73. The molecule has 1 aromatic heterocycles. The molecule has 14 heavy (non-hydrogen) atoms. The lowest BCUT2D eigenvalue weighted by molar-refractivity contribution is 0.519. The Morgan fingerprint density at radius 2 is 1.86 bits per heavy atom. The molecule has 0 saturated heterocycles. The molecule has 0 aliphatic heterocycles. The van der Waals surface area contributed by atoms with Crippen LogP contribution in [0.4, 0.5) is 0 Å². The van der Waals surface area contributed by atoms with Gasteiger partial charge in [0.15, 0.2) is 0 Å². The van der Waals surface area contributed by atoms with E-state index in [2.05, 4.69) is 39.0 Å². The lowest BCUT2D eigenvalue weighted by Gasteiger charge is -2.15. The molecule has 0 radical (unpaired) electrons. The van der Waals surface area contributed by atoms with Gasteiger partial charge in [-0.25, -0.2) is 0 Å². The second-order valence-corrected chi connectivity index (χ2v) is 4.11. The lowest BCUT2D eigenvalue weighted by Crippen LogP contribution is -2.05. The first kappa shape index (κ1) is 11.3. The summed E-state index contributed by atoms with van der Waals surface area (Å²) < 4.78 is 2.05. The van der Waals surface area contributed by atoms with Crippen LogP contribution in [0.1, 0.15) is 56.8 Å². The molecule has 1 aromatic rings. The minimum atomic E-state index is 0.705. The molecule has 80 valence electrons. The Morgan fingerprint density at radius 3 is 2.21 bits per heavy atom. The highest BCUT2D eigenvalue weighted by atomic mass is 15.3. The van der Waals surface area contributed by atoms with Crippen LogP contribution in [0, 0.1) is 6.92 Å². The van der Waals surface area contributed by atoms with Crippen molar-refractivity contribution in [1.29, 1.82) is 0 Å². The van der Waals surface area contributed by atoms with Gasteiger partial charge in [0.25, 0.3) is 0 Å². The van der Waals surface area contributed by atoms with Gasteiger partial charge in [0.2, 0.25) is 0 Å². The molecule has 0 fully saturated rings. The smallest absolute Gasteiger partial charge is 0.0596 e. The third kappa shape index (κ3) is 2.60. The monoisotopic (exact) mass is 194 g/mol. The molecule has 0 saturated carbocycles. The highest BCUT2D eigenvalue weighted by molar-refractivity contribution is 5.13. The van der Waals surface area contributed by atoms with E-state index in [1.165, 1.54) is 31.4 Å². The summed E-state index contributed by atoms with van der Waals surface area (Å²) in [5, 5.41) is 4.41. The fourth-order valence-electron chi connectivity index (χ4n) is 2.15. The minimum Gasteiger partial charge on any atom is -0.272 e. The van der Waals surface area contributed by atoms with E-state index < -0.39 is 0 Å². The number of aromatic nitrogens is 2. The molecule has 0 unspecified atom stereocenters. The zero-order chi connectivity index (χ0) is 10.6. The summed E-state index contributed by atoms with van der Waals surface area (Å²) >= 11 is 0. The van der Waals surface area contributed by atoms with Crippen molar-refractivity contribution in [2.75, 3.05) is 0 Å². The summed E-state index contributed by atoms with van der Waals surface area (Å²) in [5.41, 5.74) is 2.55. The molecule has 2 heteroatoms. The average molecular weight is 194 g/mol. The van der Waals surface area contributed by atoms with Crippen molar-refractivity contribution in [2.45, 2.75) is 52.4 Å². The zero-order valence-electron chi connectivity index (χ0n) is 9.88. The zero-order valence-corrected chi connectivity index (χ0v) is 9.88. The van der Waals surface area contributed by atoms with Crippen molar-refractivity contribution in [3.8, 4) is 0 Å². The molecule has 0 amide bonds. The van der Waals surface area contributed by atoms with Gasteiger partial charge >= 0.3 is 0 Å². The van der Waals surface area contributed by atoms with Crippen LogP contribution in [0.5, 0.6) is 0 Å². The molecule has 0 N–H and O–H groups in total. The normalized spacial score (nSPS) is 11.2. The third-order valence-corrected chi connectivity index (χ3v) is 2.73. The van der Waals surface area contributed by atoms with Crippen LogP contribution in [-0.2, 0) is 7.05 Å². The van der Waals surface area contributed by atoms with Crippen LogP contribution < -0.4 is 0 Å². The molecular weight excluding hydrogens is 172 g/mol. The molecule has 1 heterocycles. The summed E-state index contributed by atoms with van der Waals surface area (Å²) in [6.07, 6.45) is 5.09. The summed E-state index contributed by atoms with van der Waals surface area (Å²) in [6, 6.07) is 2.23. The van der Waals surface area contributed by atoms with Crippen LogP contribution in [0.3, 0.4) is 0 Å². The molecule has 0 spiro atoms. The molecule has 1 rings (SSSR count). The molecular formula is C12H22N2. The second-order valence-electron chi connectivity index (χ2n) is 4.11. The quantitative estimate of drug-likeness (QED) is 0.702. The van der Waals surface area contributed by atoms with Crippen molar-refractivity contribution in [3.63, 3.8) is 0 Å². The van der Waals surface area contributed by atoms with Gasteiger partial charge in [-0.15, -0.1) is 0 Å². The fourth-order valence-corrected chi connectivity index (χ4v) is 2.15. The minimum absolute atomic E-state index is 0.705. The van der Waals surface area contributed by atoms with E-state index in [1.807, 2.05) is 4.68 Å². The summed E-state index contributed by atoms with van der Waals surface area (Å²) in [6.45, 7) is 6.58. The number of nitrogens with zero attached hydrogens (tertiary/aromatic N) is 2. The summed E-state index contributed by atoms with van der Waals surface area (Å²) in [5.74, 6) is 0.705. The van der Waals surface area contributed by atoms with Gasteiger partial charge in [0.05, 0.1) is 5.69 Å². The fraction of sp³-hybridized carbons (Fsp3) is 0.750. The Bertz CT molecular complexity index is 270. The van der Waals surface area contributed by atoms with Crippen molar-refractivity contribution in [1.82, 2.24) is 9.78 Å². The Labute approximate surface area is 87.3 Å².